The Morgan fingerprint density at radius 3 is 2.50 bits per heavy atom. The minimum absolute atomic E-state index is 0.0000694. The number of aliphatic hydroxyl groups is 1. The summed E-state index contributed by atoms with van der Waals surface area (Å²) in [6.07, 6.45) is -3.81. The predicted octanol–water partition coefficient (Wildman–Crippen LogP) is 2.55. The van der Waals surface area contributed by atoms with Crippen LogP contribution in [0.25, 0.3) is 0 Å². The molecule has 0 saturated carbocycles. The summed E-state index contributed by atoms with van der Waals surface area (Å²) in [6.45, 7) is -1.67. The minimum Gasteiger partial charge on any atom is -0.403 e. The molecule has 0 aliphatic heterocycles. The number of aliphatic hydroxyl groups excluding tert-OH is 1. The molecule has 90 valence electrons. The average molecular weight is 351 g/mol. The number of ether oxygens (including phenoxy) is 1. The van der Waals surface area contributed by atoms with Crippen molar-refractivity contribution in [1.29, 1.82) is 0 Å². The molecule has 0 bridgehead atoms. The summed E-state index contributed by atoms with van der Waals surface area (Å²) in [5.74, 6) is -0.692. The molecule has 0 aliphatic rings. The smallest absolute Gasteiger partial charge is 0.403 e. The van der Waals surface area contributed by atoms with E-state index >= 15 is 0 Å². The van der Waals surface area contributed by atoms with Gasteiger partial charge in [0.1, 0.15) is 12.4 Å². The average Bonchev–Trinajstić information content (AvgIpc) is 2.19. The molecule has 0 fully saturated rings. The number of aromatic nitrogens is 1. The van der Waals surface area contributed by atoms with Gasteiger partial charge in [-0.1, -0.05) is 0 Å². The summed E-state index contributed by atoms with van der Waals surface area (Å²) in [4.78, 5) is 3.45. The zero-order valence-corrected chi connectivity index (χ0v) is 9.84. The Kier molecular flexibility index (Phi) is 4.30. The van der Waals surface area contributed by atoms with E-state index in [1.807, 2.05) is 0 Å². The van der Waals surface area contributed by atoms with Crippen LogP contribution >= 0.6 is 22.6 Å². The van der Waals surface area contributed by atoms with Gasteiger partial charge in [0.2, 0.25) is 0 Å². The summed E-state index contributed by atoms with van der Waals surface area (Å²) in [5.41, 5.74) is -0.295. The maximum absolute atomic E-state index is 12.4. The van der Waals surface area contributed by atoms with Gasteiger partial charge in [-0.05, 0) is 22.6 Å². The largest absolute Gasteiger partial charge is 0.573 e. The van der Waals surface area contributed by atoms with Gasteiger partial charge >= 0.3 is 6.36 Å². The number of nitrogens with zero attached hydrogens (tertiary/aromatic N) is 1. The van der Waals surface area contributed by atoms with Gasteiger partial charge in [-0.25, -0.2) is 4.39 Å². The van der Waals surface area contributed by atoms with Crippen LogP contribution in [0.1, 0.15) is 11.3 Å². The van der Waals surface area contributed by atoms with E-state index in [0.29, 0.717) is 0 Å². The lowest BCUT2D eigenvalue weighted by Crippen LogP contribution is -2.19. The van der Waals surface area contributed by atoms with E-state index in [-0.39, 0.29) is 9.13 Å². The highest BCUT2D eigenvalue weighted by Crippen LogP contribution is 2.32. The van der Waals surface area contributed by atoms with Crippen molar-refractivity contribution in [3.63, 3.8) is 0 Å². The Bertz CT molecular complexity index is 383. The molecule has 0 radical (unpaired) electrons. The summed E-state index contributed by atoms with van der Waals surface area (Å²) < 4.78 is 52.2. The van der Waals surface area contributed by atoms with Crippen molar-refractivity contribution in [2.75, 3.05) is 0 Å². The van der Waals surface area contributed by atoms with E-state index in [2.05, 4.69) is 9.72 Å². The number of rotatable bonds is 3. The molecule has 1 aromatic heterocycles. The van der Waals surface area contributed by atoms with Crippen LogP contribution < -0.4 is 4.74 Å². The normalized spacial score (nSPS) is 11.6. The molecule has 0 atom stereocenters. The first-order valence-electron chi connectivity index (χ1n) is 3.98. The van der Waals surface area contributed by atoms with Crippen LogP contribution in [0.15, 0.2) is 6.20 Å². The van der Waals surface area contributed by atoms with Gasteiger partial charge in [-0.3, -0.25) is 4.98 Å². The fourth-order valence-corrected chi connectivity index (χ4v) is 1.70. The van der Waals surface area contributed by atoms with E-state index in [1.54, 1.807) is 0 Å². The van der Waals surface area contributed by atoms with Gasteiger partial charge in [0, 0.05) is 11.8 Å². The second kappa shape index (κ2) is 5.13. The first-order chi connectivity index (χ1) is 7.39. The van der Waals surface area contributed by atoms with Gasteiger partial charge in [0.25, 0.3) is 0 Å². The molecule has 16 heavy (non-hydrogen) atoms. The zero-order valence-electron chi connectivity index (χ0n) is 7.68. The lowest BCUT2D eigenvalue weighted by atomic mass is 10.2. The highest BCUT2D eigenvalue weighted by molar-refractivity contribution is 14.1. The van der Waals surface area contributed by atoms with Crippen LogP contribution in [0, 0.1) is 3.57 Å². The quantitative estimate of drug-likeness (QED) is 0.673. The van der Waals surface area contributed by atoms with E-state index in [1.165, 1.54) is 22.6 Å². The fourth-order valence-electron chi connectivity index (χ4n) is 0.969. The monoisotopic (exact) mass is 351 g/mol. The molecular formula is C8H6F4INO2. The third-order valence-electron chi connectivity index (χ3n) is 1.63. The second-order valence-corrected chi connectivity index (χ2v) is 3.79. The Morgan fingerprint density at radius 2 is 2.06 bits per heavy atom. The molecule has 0 aliphatic carbocycles. The van der Waals surface area contributed by atoms with Crippen molar-refractivity contribution in [2.24, 2.45) is 0 Å². The molecular weight excluding hydrogens is 345 g/mol. The molecule has 1 rings (SSSR count). The van der Waals surface area contributed by atoms with Crippen molar-refractivity contribution in [3.8, 4) is 5.75 Å². The van der Waals surface area contributed by atoms with E-state index < -0.39 is 31.1 Å². The SMILES string of the molecule is OCc1cnc(CF)c(OC(F)(F)F)c1I. The summed E-state index contributed by atoms with van der Waals surface area (Å²) in [7, 11) is 0. The van der Waals surface area contributed by atoms with E-state index in [4.69, 9.17) is 5.11 Å². The third-order valence-corrected chi connectivity index (χ3v) is 2.82. The van der Waals surface area contributed by atoms with Crippen molar-refractivity contribution in [3.05, 3.63) is 21.0 Å². The van der Waals surface area contributed by atoms with Crippen LogP contribution in [-0.4, -0.2) is 16.5 Å². The van der Waals surface area contributed by atoms with Crippen molar-refractivity contribution in [2.45, 2.75) is 19.6 Å². The standard InChI is InChI=1S/C8H6F4INO2/c9-1-5-7(16-8(10,11)12)6(13)4(3-15)2-14-5/h2,15H,1,3H2. The van der Waals surface area contributed by atoms with Gasteiger partial charge in [-0.2, -0.15) is 0 Å². The first-order valence-corrected chi connectivity index (χ1v) is 5.05. The van der Waals surface area contributed by atoms with Crippen LogP contribution in [0.5, 0.6) is 5.75 Å². The molecule has 1 N–H and O–H groups in total. The third kappa shape index (κ3) is 3.17. The summed E-state index contributed by atoms with van der Waals surface area (Å²) in [6, 6.07) is 0. The molecule has 1 heterocycles. The van der Waals surface area contributed by atoms with Crippen LogP contribution in [0.4, 0.5) is 17.6 Å². The topological polar surface area (TPSA) is 42.4 Å². The Hall–Kier alpha value is -0.640. The van der Waals surface area contributed by atoms with Crippen molar-refractivity contribution in [1.82, 2.24) is 4.98 Å². The number of halogens is 5. The number of hydrogen-bond donors (Lipinski definition) is 1. The van der Waals surface area contributed by atoms with Gasteiger partial charge in [0.05, 0.1) is 10.2 Å². The zero-order chi connectivity index (χ0) is 12.3. The van der Waals surface area contributed by atoms with Crippen LogP contribution in [-0.2, 0) is 13.3 Å². The maximum atomic E-state index is 12.4. The summed E-state index contributed by atoms with van der Waals surface area (Å²) in [5, 5.41) is 8.83. The minimum atomic E-state index is -4.92. The molecule has 1 aromatic rings. The lowest BCUT2D eigenvalue weighted by Gasteiger charge is -2.14. The maximum Gasteiger partial charge on any atom is 0.573 e. The molecule has 0 saturated heterocycles. The number of hydrogen-bond acceptors (Lipinski definition) is 3. The Balaban J connectivity index is 3.21. The fraction of sp³-hybridized carbons (Fsp3) is 0.375. The molecule has 8 heteroatoms. The first kappa shape index (κ1) is 13.4. The predicted molar refractivity (Wildman–Crippen MR) is 54.4 cm³/mol. The number of alkyl halides is 4. The van der Waals surface area contributed by atoms with E-state index in [0.717, 1.165) is 6.20 Å². The molecule has 0 amide bonds. The van der Waals surface area contributed by atoms with Crippen molar-refractivity contribution >= 4 is 22.6 Å². The lowest BCUT2D eigenvalue weighted by molar-refractivity contribution is -0.275. The van der Waals surface area contributed by atoms with E-state index in [9.17, 15) is 17.6 Å². The molecule has 0 unspecified atom stereocenters. The highest BCUT2D eigenvalue weighted by Gasteiger charge is 2.34. The molecule has 3 nitrogen and oxygen atoms in total. The molecule has 0 spiro atoms. The van der Waals surface area contributed by atoms with Gasteiger partial charge < -0.3 is 9.84 Å². The summed E-state index contributed by atoms with van der Waals surface area (Å²) >= 11 is 1.54. The Labute approximate surface area is 102 Å². The molecule has 0 aromatic carbocycles. The van der Waals surface area contributed by atoms with Crippen molar-refractivity contribution < 1.29 is 27.4 Å². The Morgan fingerprint density at radius 1 is 1.44 bits per heavy atom. The van der Waals surface area contributed by atoms with Gasteiger partial charge in [-0.15, -0.1) is 13.2 Å². The van der Waals surface area contributed by atoms with Gasteiger partial charge in [0.15, 0.2) is 5.75 Å². The van der Waals surface area contributed by atoms with Crippen LogP contribution in [0.3, 0.4) is 0 Å². The number of pyridine rings is 1. The van der Waals surface area contributed by atoms with Crippen LogP contribution in [0.2, 0.25) is 0 Å². The highest BCUT2D eigenvalue weighted by atomic mass is 127. The second-order valence-electron chi connectivity index (χ2n) is 2.71.